The SMILES string of the molecule is COc1cccc2c(NCc3ccc(C)nc3)nccc12. The first-order chi connectivity index (χ1) is 10.3. The number of benzene rings is 1. The van der Waals surface area contributed by atoms with Crippen LogP contribution in [0.2, 0.25) is 0 Å². The van der Waals surface area contributed by atoms with E-state index in [1.165, 1.54) is 0 Å². The van der Waals surface area contributed by atoms with Gasteiger partial charge >= 0.3 is 0 Å². The molecule has 1 N–H and O–H groups in total. The van der Waals surface area contributed by atoms with Gasteiger partial charge in [-0.05, 0) is 30.7 Å². The van der Waals surface area contributed by atoms with Gasteiger partial charge in [-0.2, -0.15) is 0 Å². The molecule has 0 aliphatic heterocycles. The highest BCUT2D eigenvalue weighted by Crippen LogP contribution is 2.29. The van der Waals surface area contributed by atoms with Crippen LogP contribution in [0, 0.1) is 6.92 Å². The maximum atomic E-state index is 5.39. The molecule has 2 heterocycles. The minimum Gasteiger partial charge on any atom is -0.496 e. The van der Waals surface area contributed by atoms with E-state index < -0.39 is 0 Å². The normalized spacial score (nSPS) is 10.6. The highest BCUT2D eigenvalue weighted by atomic mass is 16.5. The van der Waals surface area contributed by atoms with Crippen molar-refractivity contribution in [1.82, 2.24) is 9.97 Å². The maximum Gasteiger partial charge on any atom is 0.134 e. The molecule has 3 aromatic rings. The van der Waals surface area contributed by atoms with Gasteiger partial charge in [0, 0.05) is 35.4 Å². The molecule has 2 aromatic heterocycles. The Balaban J connectivity index is 1.88. The number of fused-ring (bicyclic) bond motifs is 1. The van der Waals surface area contributed by atoms with Crippen molar-refractivity contribution in [2.45, 2.75) is 13.5 Å². The number of pyridine rings is 2. The van der Waals surface area contributed by atoms with Gasteiger partial charge in [-0.1, -0.05) is 18.2 Å². The molecule has 21 heavy (non-hydrogen) atoms. The number of hydrogen-bond acceptors (Lipinski definition) is 4. The quantitative estimate of drug-likeness (QED) is 0.793. The molecule has 0 aliphatic carbocycles. The summed E-state index contributed by atoms with van der Waals surface area (Å²) in [6.07, 6.45) is 3.68. The van der Waals surface area contributed by atoms with Crippen molar-refractivity contribution < 1.29 is 4.74 Å². The van der Waals surface area contributed by atoms with Crippen LogP contribution in [0.1, 0.15) is 11.3 Å². The van der Waals surface area contributed by atoms with Gasteiger partial charge in [0.25, 0.3) is 0 Å². The van der Waals surface area contributed by atoms with Gasteiger partial charge in [0.05, 0.1) is 7.11 Å². The summed E-state index contributed by atoms with van der Waals surface area (Å²) in [5.74, 6) is 1.71. The van der Waals surface area contributed by atoms with Gasteiger partial charge in [-0.15, -0.1) is 0 Å². The lowest BCUT2D eigenvalue weighted by Gasteiger charge is -2.11. The molecule has 0 aliphatic rings. The van der Waals surface area contributed by atoms with Crippen molar-refractivity contribution >= 4 is 16.6 Å². The Morgan fingerprint density at radius 2 is 1.95 bits per heavy atom. The van der Waals surface area contributed by atoms with E-state index in [4.69, 9.17) is 4.74 Å². The van der Waals surface area contributed by atoms with E-state index in [0.29, 0.717) is 6.54 Å². The smallest absolute Gasteiger partial charge is 0.134 e. The molecule has 1 aromatic carbocycles. The van der Waals surface area contributed by atoms with E-state index in [9.17, 15) is 0 Å². The number of aryl methyl sites for hydroxylation is 1. The molecule has 0 spiro atoms. The molecule has 0 saturated carbocycles. The van der Waals surface area contributed by atoms with Crippen LogP contribution in [-0.2, 0) is 6.54 Å². The molecule has 0 unspecified atom stereocenters. The third kappa shape index (κ3) is 2.79. The number of methoxy groups -OCH3 is 1. The summed E-state index contributed by atoms with van der Waals surface area (Å²) in [4.78, 5) is 8.73. The third-order valence-corrected chi connectivity index (χ3v) is 3.42. The van der Waals surface area contributed by atoms with Crippen LogP contribution in [0.25, 0.3) is 10.8 Å². The lowest BCUT2D eigenvalue weighted by Crippen LogP contribution is -2.02. The molecular formula is C17H17N3O. The van der Waals surface area contributed by atoms with E-state index >= 15 is 0 Å². The van der Waals surface area contributed by atoms with Crippen LogP contribution in [0.5, 0.6) is 5.75 Å². The Labute approximate surface area is 123 Å². The predicted molar refractivity (Wildman–Crippen MR) is 84.6 cm³/mol. The summed E-state index contributed by atoms with van der Waals surface area (Å²) in [7, 11) is 1.68. The van der Waals surface area contributed by atoms with Crippen LogP contribution in [0.15, 0.2) is 48.8 Å². The van der Waals surface area contributed by atoms with E-state index in [0.717, 1.165) is 33.6 Å². The van der Waals surface area contributed by atoms with Crippen LogP contribution in [-0.4, -0.2) is 17.1 Å². The summed E-state index contributed by atoms with van der Waals surface area (Å²) < 4.78 is 5.39. The zero-order valence-electron chi connectivity index (χ0n) is 12.1. The first kappa shape index (κ1) is 13.4. The first-order valence-electron chi connectivity index (χ1n) is 6.85. The Morgan fingerprint density at radius 1 is 1.05 bits per heavy atom. The number of anilines is 1. The van der Waals surface area contributed by atoms with E-state index in [1.807, 2.05) is 43.5 Å². The minimum atomic E-state index is 0.691. The molecule has 0 bridgehead atoms. The molecular weight excluding hydrogens is 262 g/mol. The van der Waals surface area contributed by atoms with E-state index in [2.05, 4.69) is 21.4 Å². The standard InChI is InChI=1S/C17H17N3O/c1-12-6-7-13(10-19-12)11-20-17-15-4-3-5-16(21-2)14(15)8-9-18-17/h3-10H,11H2,1-2H3,(H,18,20). The number of nitrogens with zero attached hydrogens (tertiary/aromatic N) is 2. The first-order valence-corrected chi connectivity index (χ1v) is 6.85. The van der Waals surface area contributed by atoms with Gasteiger partial charge in [0.2, 0.25) is 0 Å². The molecule has 4 nitrogen and oxygen atoms in total. The number of rotatable bonds is 4. The highest BCUT2D eigenvalue weighted by Gasteiger charge is 2.06. The topological polar surface area (TPSA) is 47.0 Å². The largest absolute Gasteiger partial charge is 0.496 e. The van der Waals surface area contributed by atoms with Crippen LogP contribution in [0.3, 0.4) is 0 Å². The molecule has 0 fully saturated rings. The number of nitrogens with one attached hydrogen (secondary N) is 1. The fourth-order valence-electron chi connectivity index (χ4n) is 2.29. The van der Waals surface area contributed by atoms with Crippen LogP contribution in [0.4, 0.5) is 5.82 Å². The van der Waals surface area contributed by atoms with Crippen molar-refractivity contribution in [3.05, 3.63) is 60.0 Å². The summed E-state index contributed by atoms with van der Waals surface area (Å²) in [5, 5.41) is 5.48. The number of aromatic nitrogens is 2. The predicted octanol–water partition coefficient (Wildman–Crippen LogP) is 3.56. The Kier molecular flexibility index (Phi) is 3.69. The highest BCUT2D eigenvalue weighted by molar-refractivity contribution is 5.95. The van der Waals surface area contributed by atoms with Crippen molar-refractivity contribution in [3.63, 3.8) is 0 Å². The average molecular weight is 279 g/mol. The molecule has 0 atom stereocenters. The van der Waals surface area contributed by atoms with Crippen molar-refractivity contribution in [3.8, 4) is 5.75 Å². The maximum absolute atomic E-state index is 5.39. The van der Waals surface area contributed by atoms with Crippen molar-refractivity contribution in [2.24, 2.45) is 0 Å². The zero-order valence-corrected chi connectivity index (χ0v) is 12.1. The molecule has 4 heteroatoms. The van der Waals surface area contributed by atoms with Crippen LogP contribution >= 0.6 is 0 Å². The summed E-state index contributed by atoms with van der Waals surface area (Å²) >= 11 is 0. The zero-order chi connectivity index (χ0) is 14.7. The number of ether oxygens (including phenoxy) is 1. The van der Waals surface area contributed by atoms with Crippen molar-refractivity contribution in [1.29, 1.82) is 0 Å². The fourth-order valence-corrected chi connectivity index (χ4v) is 2.29. The van der Waals surface area contributed by atoms with Crippen molar-refractivity contribution in [2.75, 3.05) is 12.4 Å². The van der Waals surface area contributed by atoms with Gasteiger partial charge in [-0.3, -0.25) is 4.98 Å². The summed E-state index contributed by atoms with van der Waals surface area (Å²) in [6, 6.07) is 12.0. The summed E-state index contributed by atoms with van der Waals surface area (Å²) in [6.45, 7) is 2.67. The molecule has 106 valence electrons. The lowest BCUT2D eigenvalue weighted by molar-refractivity contribution is 0.420. The van der Waals surface area contributed by atoms with Gasteiger partial charge in [-0.25, -0.2) is 4.98 Å². The lowest BCUT2D eigenvalue weighted by atomic mass is 10.1. The number of hydrogen-bond donors (Lipinski definition) is 1. The van der Waals surface area contributed by atoms with Gasteiger partial charge < -0.3 is 10.1 Å². The second-order valence-corrected chi connectivity index (χ2v) is 4.88. The fraction of sp³-hybridized carbons (Fsp3) is 0.176. The monoisotopic (exact) mass is 279 g/mol. The van der Waals surface area contributed by atoms with Crippen LogP contribution < -0.4 is 10.1 Å². The average Bonchev–Trinajstić information content (AvgIpc) is 2.53. The Morgan fingerprint density at radius 3 is 2.71 bits per heavy atom. The molecule has 3 rings (SSSR count). The van der Waals surface area contributed by atoms with E-state index in [1.54, 1.807) is 13.3 Å². The van der Waals surface area contributed by atoms with E-state index in [-0.39, 0.29) is 0 Å². The Bertz CT molecular complexity index is 754. The minimum absolute atomic E-state index is 0.691. The van der Waals surface area contributed by atoms with Gasteiger partial charge in [0.1, 0.15) is 11.6 Å². The molecule has 0 radical (unpaired) electrons. The summed E-state index contributed by atoms with van der Waals surface area (Å²) in [5.41, 5.74) is 2.15. The third-order valence-electron chi connectivity index (χ3n) is 3.42. The Hall–Kier alpha value is -2.62. The second-order valence-electron chi connectivity index (χ2n) is 4.88. The molecule has 0 amide bonds. The van der Waals surface area contributed by atoms with Gasteiger partial charge in [0.15, 0.2) is 0 Å². The molecule has 0 saturated heterocycles. The second kappa shape index (κ2) is 5.79.